The Bertz CT molecular complexity index is 1350. The summed E-state index contributed by atoms with van der Waals surface area (Å²) in [7, 11) is 0. The molecule has 0 spiro atoms. The van der Waals surface area contributed by atoms with Gasteiger partial charge in [0, 0.05) is 10.6 Å². The summed E-state index contributed by atoms with van der Waals surface area (Å²) in [5.41, 5.74) is 4.18. The molecule has 0 heterocycles. The van der Waals surface area contributed by atoms with E-state index in [-0.39, 0.29) is 11.3 Å². The topological polar surface area (TPSA) is 80.2 Å². The number of phenols is 1. The zero-order valence-corrected chi connectivity index (χ0v) is 19.3. The van der Waals surface area contributed by atoms with Crippen molar-refractivity contribution in [1.82, 2.24) is 5.43 Å². The SMILES string of the molecule is CCOc1cc(C=NNC(=O)c2cc3ccccc3cc2O)ccc1OCc1ccccc1Cl. The number of nitrogens with one attached hydrogen (secondary N) is 1. The number of phenolic OH excluding ortho intramolecular Hbond substituents is 1. The fraction of sp³-hybridized carbons (Fsp3) is 0.111. The number of ether oxygens (including phenoxy) is 2. The lowest BCUT2D eigenvalue weighted by Crippen LogP contribution is -2.17. The van der Waals surface area contributed by atoms with Gasteiger partial charge in [0.25, 0.3) is 5.91 Å². The van der Waals surface area contributed by atoms with E-state index in [1.807, 2.05) is 55.5 Å². The van der Waals surface area contributed by atoms with Crippen molar-refractivity contribution in [1.29, 1.82) is 0 Å². The molecule has 0 fully saturated rings. The Hall–Kier alpha value is -4.03. The van der Waals surface area contributed by atoms with Crippen LogP contribution in [0.2, 0.25) is 5.02 Å². The molecule has 6 nitrogen and oxygen atoms in total. The molecule has 0 radical (unpaired) electrons. The van der Waals surface area contributed by atoms with E-state index < -0.39 is 5.91 Å². The molecular weight excluding hydrogens is 452 g/mol. The summed E-state index contributed by atoms with van der Waals surface area (Å²) in [4.78, 5) is 12.5. The van der Waals surface area contributed by atoms with Gasteiger partial charge in [-0.1, -0.05) is 54.1 Å². The highest BCUT2D eigenvalue weighted by Crippen LogP contribution is 2.30. The van der Waals surface area contributed by atoms with Crippen molar-refractivity contribution < 1.29 is 19.4 Å². The van der Waals surface area contributed by atoms with Gasteiger partial charge in [-0.3, -0.25) is 4.79 Å². The number of halogens is 1. The summed E-state index contributed by atoms with van der Waals surface area (Å²) >= 11 is 6.20. The van der Waals surface area contributed by atoms with Gasteiger partial charge in [0.05, 0.1) is 18.4 Å². The fourth-order valence-electron chi connectivity index (χ4n) is 3.40. The first-order valence-corrected chi connectivity index (χ1v) is 11.1. The van der Waals surface area contributed by atoms with E-state index in [0.29, 0.717) is 35.3 Å². The zero-order chi connectivity index (χ0) is 23.9. The standard InChI is InChI=1S/C27H23ClN2O4/c1-2-33-26-13-18(11-12-25(26)34-17-21-9-5-6-10-23(21)28)16-29-30-27(32)22-14-19-7-3-4-8-20(19)15-24(22)31/h3-16,31H,2,17H2,1H3,(H,30,32). The van der Waals surface area contributed by atoms with Crippen molar-refractivity contribution in [3.05, 3.63) is 101 Å². The molecule has 2 N–H and O–H groups in total. The molecule has 4 aromatic rings. The first kappa shape index (κ1) is 23.1. The second-order valence-corrected chi connectivity index (χ2v) is 7.84. The lowest BCUT2D eigenvalue weighted by Gasteiger charge is -2.13. The zero-order valence-electron chi connectivity index (χ0n) is 18.5. The number of nitrogens with zero attached hydrogens (tertiary/aromatic N) is 1. The second-order valence-electron chi connectivity index (χ2n) is 7.43. The molecule has 4 aromatic carbocycles. The van der Waals surface area contributed by atoms with E-state index in [0.717, 1.165) is 16.3 Å². The number of amides is 1. The number of benzene rings is 4. The van der Waals surface area contributed by atoms with Gasteiger partial charge in [-0.05, 0) is 59.7 Å². The minimum atomic E-state index is -0.510. The van der Waals surface area contributed by atoms with Gasteiger partial charge in [0.2, 0.25) is 0 Å². The van der Waals surface area contributed by atoms with Crippen LogP contribution in [-0.4, -0.2) is 23.8 Å². The van der Waals surface area contributed by atoms with E-state index in [1.54, 1.807) is 30.3 Å². The average Bonchev–Trinajstić information content (AvgIpc) is 2.84. The Balaban J connectivity index is 1.45. The number of fused-ring (bicyclic) bond motifs is 1. The smallest absolute Gasteiger partial charge is 0.275 e. The van der Waals surface area contributed by atoms with Crippen molar-refractivity contribution >= 4 is 34.5 Å². The number of hydrogen-bond donors (Lipinski definition) is 2. The summed E-state index contributed by atoms with van der Waals surface area (Å²) in [5.74, 6) is 0.510. The van der Waals surface area contributed by atoms with E-state index in [4.69, 9.17) is 21.1 Å². The molecular formula is C27H23ClN2O4. The third-order valence-corrected chi connectivity index (χ3v) is 5.47. The van der Waals surface area contributed by atoms with E-state index in [9.17, 15) is 9.90 Å². The van der Waals surface area contributed by atoms with Crippen LogP contribution < -0.4 is 14.9 Å². The highest BCUT2D eigenvalue weighted by atomic mass is 35.5. The molecule has 0 aliphatic heterocycles. The maximum absolute atomic E-state index is 12.5. The van der Waals surface area contributed by atoms with Crippen molar-refractivity contribution in [2.24, 2.45) is 5.10 Å². The van der Waals surface area contributed by atoms with E-state index in [2.05, 4.69) is 10.5 Å². The molecule has 34 heavy (non-hydrogen) atoms. The van der Waals surface area contributed by atoms with Crippen LogP contribution in [0.15, 0.2) is 84.0 Å². The summed E-state index contributed by atoms with van der Waals surface area (Å²) in [6.07, 6.45) is 1.50. The Morgan fingerprint density at radius 1 is 0.971 bits per heavy atom. The minimum Gasteiger partial charge on any atom is -0.507 e. The number of hydrogen-bond acceptors (Lipinski definition) is 5. The first-order valence-electron chi connectivity index (χ1n) is 10.7. The predicted molar refractivity (Wildman–Crippen MR) is 134 cm³/mol. The van der Waals surface area contributed by atoms with Crippen molar-refractivity contribution in [3.8, 4) is 17.2 Å². The Labute approximate surface area is 202 Å². The van der Waals surface area contributed by atoms with Crippen LogP contribution in [0.1, 0.15) is 28.4 Å². The number of carbonyl (C=O) groups excluding carboxylic acids is 1. The monoisotopic (exact) mass is 474 g/mol. The average molecular weight is 475 g/mol. The van der Waals surface area contributed by atoms with E-state index in [1.165, 1.54) is 6.21 Å². The summed E-state index contributed by atoms with van der Waals surface area (Å²) in [5, 5.41) is 16.6. The Morgan fingerprint density at radius 3 is 2.47 bits per heavy atom. The Morgan fingerprint density at radius 2 is 1.71 bits per heavy atom. The first-order chi connectivity index (χ1) is 16.5. The maximum Gasteiger partial charge on any atom is 0.275 e. The van der Waals surface area contributed by atoms with Gasteiger partial charge < -0.3 is 14.6 Å². The van der Waals surface area contributed by atoms with Crippen LogP contribution in [0.5, 0.6) is 17.2 Å². The lowest BCUT2D eigenvalue weighted by atomic mass is 10.1. The van der Waals surface area contributed by atoms with Crippen LogP contribution >= 0.6 is 11.6 Å². The van der Waals surface area contributed by atoms with Crippen molar-refractivity contribution in [2.45, 2.75) is 13.5 Å². The van der Waals surface area contributed by atoms with E-state index >= 15 is 0 Å². The molecule has 7 heteroatoms. The number of carbonyl (C=O) groups is 1. The molecule has 172 valence electrons. The highest BCUT2D eigenvalue weighted by molar-refractivity contribution is 6.31. The summed E-state index contributed by atoms with van der Waals surface area (Å²) in [6.45, 7) is 2.65. The molecule has 0 atom stereocenters. The number of aromatic hydroxyl groups is 1. The number of rotatable bonds is 8. The number of hydrazone groups is 1. The van der Waals surface area contributed by atoms with Crippen LogP contribution in [-0.2, 0) is 6.61 Å². The third kappa shape index (κ3) is 5.47. The largest absolute Gasteiger partial charge is 0.507 e. The van der Waals surface area contributed by atoms with Gasteiger partial charge in [-0.2, -0.15) is 5.10 Å². The van der Waals surface area contributed by atoms with Crippen molar-refractivity contribution in [3.63, 3.8) is 0 Å². The van der Waals surface area contributed by atoms with Crippen LogP contribution in [0.3, 0.4) is 0 Å². The quantitative estimate of drug-likeness (QED) is 0.244. The second kappa shape index (κ2) is 10.7. The lowest BCUT2D eigenvalue weighted by molar-refractivity contribution is 0.0952. The van der Waals surface area contributed by atoms with Gasteiger partial charge in [-0.25, -0.2) is 5.43 Å². The summed E-state index contributed by atoms with van der Waals surface area (Å²) < 4.78 is 11.6. The molecule has 1 amide bonds. The fourth-order valence-corrected chi connectivity index (χ4v) is 3.59. The highest BCUT2D eigenvalue weighted by Gasteiger charge is 2.12. The molecule has 0 aliphatic rings. The maximum atomic E-state index is 12.5. The van der Waals surface area contributed by atoms with Gasteiger partial charge in [0.15, 0.2) is 11.5 Å². The minimum absolute atomic E-state index is 0.106. The third-order valence-electron chi connectivity index (χ3n) is 5.10. The summed E-state index contributed by atoms with van der Waals surface area (Å²) in [6, 6.07) is 23.5. The molecule has 0 aliphatic carbocycles. The molecule has 0 aromatic heterocycles. The molecule has 0 unspecified atom stereocenters. The van der Waals surface area contributed by atoms with Gasteiger partial charge in [0.1, 0.15) is 12.4 Å². The normalized spacial score (nSPS) is 11.0. The molecule has 0 bridgehead atoms. The van der Waals surface area contributed by atoms with Gasteiger partial charge in [-0.15, -0.1) is 0 Å². The van der Waals surface area contributed by atoms with Crippen LogP contribution in [0.4, 0.5) is 0 Å². The van der Waals surface area contributed by atoms with Crippen LogP contribution in [0, 0.1) is 0 Å². The predicted octanol–water partition coefficient (Wildman–Crippen LogP) is 5.94. The molecule has 0 saturated carbocycles. The van der Waals surface area contributed by atoms with Crippen molar-refractivity contribution in [2.75, 3.05) is 6.61 Å². The Kier molecular flexibility index (Phi) is 7.30. The van der Waals surface area contributed by atoms with Crippen LogP contribution in [0.25, 0.3) is 10.8 Å². The molecule has 4 rings (SSSR count). The van der Waals surface area contributed by atoms with Gasteiger partial charge >= 0.3 is 0 Å². The molecule has 0 saturated heterocycles.